The van der Waals surface area contributed by atoms with Crippen molar-refractivity contribution in [3.05, 3.63) is 80.9 Å². The number of non-ortho nitro benzene ring substituents is 1. The van der Waals surface area contributed by atoms with Gasteiger partial charge in [-0.25, -0.2) is 0 Å². The maximum Gasteiger partial charge on any atom is 0.293 e. The number of fused-ring (bicyclic) bond motifs is 1. The highest BCUT2D eigenvalue weighted by atomic mass is 32.2. The molecule has 1 fully saturated rings. The van der Waals surface area contributed by atoms with Crippen LogP contribution in [0.5, 0.6) is 0 Å². The SMILES string of the molecule is CN1C(=O)S/C(=C\c2cn(Cc3cccc([N+](=O)[O-])c3)c3ccccc23)C1=O. The van der Waals surface area contributed by atoms with Gasteiger partial charge in [-0.3, -0.25) is 24.6 Å². The second-order valence-electron chi connectivity index (χ2n) is 6.40. The van der Waals surface area contributed by atoms with E-state index in [-0.39, 0.29) is 16.8 Å². The number of carbonyl (C=O) groups is 2. The summed E-state index contributed by atoms with van der Waals surface area (Å²) < 4.78 is 1.98. The Morgan fingerprint density at radius 2 is 1.93 bits per heavy atom. The van der Waals surface area contributed by atoms with Gasteiger partial charge in [0.2, 0.25) is 0 Å². The van der Waals surface area contributed by atoms with Crippen LogP contribution in [0.3, 0.4) is 0 Å². The van der Waals surface area contributed by atoms with E-state index in [1.807, 2.05) is 41.1 Å². The fraction of sp³-hybridized carbons (Fsp3) is 0.100. The van der Waals surface area contributed by atoms with Crippen LogP contribution in [0.15, 0.2) is 59.6 Å². The van der Waals surface area contributed by atoms with Crippen LogP contribution in [0.1, 0.15) is 11.1 Å². The quantitative estimate of drug-likeness (QED) is 0.375. The molecule has 1 aromatic heterocycles. The summed E-state index contributed by atoms with van der Waals surface area (Å²) in [6.45, 7) is 0.450. The second kappa shape index (κ2) is 6.97. The average molecular weight is 393 g/mol. The number of nitro groups is 1. The summed E-state index contributed by atoms with van der Waals surface area (Å²) in [6, 6.07) is 14.2. The van der Waals surface area contributed by atoms with E-state index in [2.05, 4.69) is 0 Å². The van der Waals surface area contributed by atoms with Crippen molar-refractivity contribution < 1.29 is 14.5 Å². The lowest BCUT2D eigenvalue weighted by molar-refractivity contribution is -0.384. The zero-order chi connectivity index (χ0) is 19.8. The summed E-state index contributed by atoms with van der Waals surface area (Å²) in [4.78, 5) is 36.0. The first-order chi connectivity index (χ1) is 13.4. The van der Waals surface area contributed by atoms with Crippen LogP contribution < -0.4 is 0 Å². The van der Waals surface area contributed by atoms with E-state index >= 15 is 0 Å². The second-order valence-corrected chi connectivity index (χ2v) is 7.39. The number of rotatable bonds is 4. The Kier molecular flexibility index (Phi) is 4.48. The van der Waals surface area contributed by atoms with E-state index < -0.39 is 4.92 Å². The molecule has 0 aliphatic carbocycles. The van der Waals surface area contributed by atoms with Gasteiger partial charge >= 0.3 is 0 Å². The first-order valence-corrected chi connectivity index (χ1v) is 9.28. The minimum absolute atomic E-state index is 0.0470. The third-order valence-electron chi connectivity index (χ3n) is 4.57. The molecule has 0 N–H and O–H groups in total. The molecule has 0 atom stereocenters. The van der Waals surface area contributed by atoms with Crippen molar-refractivity contribution in [1.29, 1.82) is 0 Å². The van der Waals surface area contributed by atoms with E-state index in [4.69, 9.17) is 0 Å². The number of carbonyl (C=O) groups excluding carboxylic acids is 2. The van der Waals surface area contributed by atoms with Crippen LogP contribution in [-0.4, -0.2) is 32.6 Å². The minimum atomic E-state index is -0.413. The van der Waals surface area contributed by atoms with Gasteiger partial charge in [-0.1, -0.05) is 30.3 Å². The van der Waals surface area contributed by atoms with E-state index in [0.717, 1.165) is 38.7 Å². The van der Waals surface area contributed by atoms with Crippen molar-refractivity contribution in [1.82, 2.24) is 9.47 Å². The molecule has 0 unspecified atom stereocenters. The van der Waals surface area contributed by atoms with Crippen molar-refractivity contribution in [2.75, 3.05) is 7.05 Å². The van der Waals surface area contributed by atoms with E-state index in [9.17, 15) is 19.7 Å². The number of nitro benzene ring substituents is 1. The normalized spacial score (nSPS) is 15.8. The molecule has 1 saturated heterocycles. The van der Waals surface area contributed by atoms with Gasteiger partial charge in [-0.2, -0.15) is 0 Å². The van der Waals surface area contributed by atoms with Gasteiger partial charge in [0, 0.05) is 48.4 Å². The highest BCUT2D eigenvalue weighted by Gasteiger charge is 2.32. The number of thioether (sulfide) groups is 1. The zero-order valence-electron chi connectivity index (χ0n) is 14.9. The van der Waals surface area contributed by atoms with Crippen LogP contribution in [0.2, 0.25) is 0 Å². The predicted octanol–water partition coefficient (Wildman–Crippen LogP) is 4.26. The summed E-state index contributed by atoms with van der Waals surface area (Å²) in [7, 11) is 1.46. The molecule has 2 aromatic carbocycles. The van der Waals surface area contributed by atoms with E-state index in [0.29, 0.717) is 11.4 Å². The largest absolute Gasteiger partial charge is 0.342 e. The lowest BCUT2D eigenvalue weighted by Gasteiger charge is -2.05. The molecular weight excluding hydrogens is 378 g/mol. The molecule has 7 nitrogen and oxygen atoms in total. The van der Waals surface area contributed by atoms with E-state index in [1.165, 1.54) is 13.1 Å². The van der Waals surface area contributed by atoms with Gasteiger partial charge < -0.3 is 4.57 Å². The highest BCUT2D eigenvalue weighted by Crippen LogP contribution is 2.33. The highest BCUT2D eigenvalue weighted by molar-refractivity contribution is 8.18. The number of hydrogen-bond acceptors (Lipinski definition) is 5. The minimum Gasteiger partial charge on any atom is -0.342 e. The number of nitrogens with zero attached hydrogens (tertiary/aromatic N) is 3. The standard InChI is InChI=1S/C20H15N3O4S/c1-21-19(24)18(28-20(21)25)10-14-12-22(17-8-3-2-7-16(14)17)11-13-5-4-6-15(9-13)23(26)27/h2-10,12H,11H2,1H3/b18-10-. The van der Waals surface area contributed by atoms with Crippen molar-refractivity contribution in [2.45, 2.75) is 6.54 Å². The molecule has 28 heavy (non-hydrogen) atoms. The van der Waals surface area contributed by atoms with Crippen molar-refractivity contribution in [3.63, 3.8) is 0 Å². The van der Waals surface area contributed by atoms with Crippen molar-refractivity contribution in [3.8, 4) is 0 Å². The molecule has 8 heteroatoms. The number of imide groups is 1. The van der Waals surface area contributed by atoms with Gasteiger partial charge in [-0.15, -0.1) is 0 Å². The molecule has 1 aliphatic heterocycles. The maximum absolute atomic E-state index is 12.2. The molecular formula is C20H15N3O4S. The maximum atomic E-state index is 12.2. The first-order valence-electron chi connectivity index (χ1n) is 8.47. The molecule has 0 radical (unpaired) electrons. The molecule has 4 rings (SSSR count). The fourth-order valence-corrected chi connectivity index (χ4v) is 3.99. The molecule has 2 heterocycles. The van der Waals surface area contributed by atoms with Crippen LogP contribution in [0, 0.1) is 10.1 Å². The predicted molar refractivity (Wildman–Crippen MR) is 108 cm³/mol. The summed E-state index contributed by atoms with van der Waals surface area (Å²) in [5, 5.41) is 11.7. The monoisotopic (exact) mass is 393 g/mol. The Bertz CT molecular complexity index is 1170. The molecule has 140 valence electrons. The van der Waals surface area contributed by atoms with E-state index in [1.54, 1.807) is 18.2 Å². The van der Waals surface area contributed by atoms with Gasteiger partial charge in [0.25, 0.3) is 16.8 Å². The van der Waals surface area contributed by atoms with Gasteiger partial charge in [0.05, 0.1) is 9.83 Å². The lowest BCUT2D eigenvalue weighted by Crippen LogP contribution is -2.22. The number of para-hydroxylation sites is 1. The lowest BCUT2D eigenvalue weighted by atomic mass is 10.1. The molecule has 0 spiro atoms. The van der Waals surface area contributed by atoms with Crippen LogP contribution in [0.4, 0.5) is 10.5 Å². The smallest absolute Gasteiger partial charge is 0.293 e. The Labute approximate surface area is 164 Å². The third kappa shape index (κ3) is 3.18. The Hall–Kier alpha value is -3.39. The average Bonchev–Trinajstić information content (AvgIpc) is 3.15. The number of amides is 2. The van der Waals surface area contributed by atoms with Crippen LogP contribution in [-0.2, 0) is 11.3 Å². The Morgan fingerprint density at radius 3 is 2.64 bits per heavy atom. The van der Waals surface area contributed by atoms with Crippen LogP contribution >= 0.6 is 11.8 Å². The summed E-state index contributed by atoms with van der Waals surface area (Å²) in [5.74, 6) is -0.314. The van der Waals surface area contributed by atoms with Gasteiger partial charge in [-0.05, 0) is 29.5 Å². The number of benzene rings is 2. The molecule has 1 aliphatic rings. The number of likely N-dealkylation sites (N-methyl/N-ethyl adjacent to an activating group) is 1. The Balaban J connectivity index is 1.75. The first kappa shape index (κ1) is 18.0. The Morgan fingerprint density at radius 1 is 1.14 bits per heavy atom. The third-order valence-corrected chi connectivity index (χ3v) is 5.53. The zero-order valence-corrected chi connectivity index (χ0v) is 15.7. The summed E-state index contributed by atoms with van der Waals surface area (Å²) >= 11 is 0.918. The summed E-state index contributed by atoms with van der Waals surface area (Å²) in [6.07, 6.45) is 3.62. The van der Waals surface area contributed by atoms with Gasteiger partial charge in [0.15, 0.2) is 0 Å². The molecule has 3 aromatic rings. The molecule has 0 saturated carbocycles. The fourth-order valence-electron chi connectivity index (χ4n) is 3.17. The molecule has 0 bridgehead atoms. The van der Waals surface area contributed by atoms with Gasteiger partial charge in [0.1, 0.15) is 0 Å². The van der Waals surface area contributed by atoms with Crippen molar-refractivity contribution >= 4 is 45.6 Å². The topological polar surface area (TPSA) is 85.4 Å². The summed E-state index contributed by atoms with van der Waals surface area (Å²) in [5.41, 5.74) is 2.61. The van der Waals surface area contributed by atoms with Crippen LogP contribution in [0.25, 0.3) is 17.0 Å². The number of hydrogen-bond donors (Lipinski definition) is 0. The number of aromatic nitrogens is 1. The van der Waals surface area contributed by atoms with Crippen molar-refractivity contribution in [2.24, 2.45) is 0 Å². The molecule has 2 amide bonds.